The Balaban J connectivity index is 1.68. The van der Waals surface area contributed by atoms with E-state index < -0.39 is 11.7 Å². The molecule has 2 aromatic carbocycles. The van der Waals surface area contributed by atoms with Gasteiger partial charge < -0.3 is 18.9 Å². The van der Waals surface area contributed by atoms with Gasteiger partial charge in [0.05, 0.1) is 25.3 Å². The van der Waals surface area contributed by atoms with E-state index >= 15 is 0 Å². The summed E-state index contributed by atoms with van der Waals surface area (Å²) in [5.74, 6) is 1.09. The molecule has 1 fully saturated rings. The van der Waals surface area contributed by atoms with Gasteiger partial charge in [-0.15, -0.1) is 0 Å². The number of hydrogen-bond donors (Lipinski definition) is 0. The van der Waals surface area contributed by atoms with Gasteiger partial charge in [0.2, 0.25) is 0 Å². The average Bonchev–Trinajstić information content (AvgIpc) is 2.88. The molecule has 9 heteroatoms. The molecule has 200 valence electrons. The molecule has 1 saturated heterocycles. The van der Waals surface area contributed by atoms with Gasteiger partial charge in [0.25, 0.3) is 5.56 Å². The number of likely N-dealkylation sites (tertiary alicyclic amines) is 1. The van der Waals surface area contributed by atoms with Gasteiger partial charge in [-0.25, -0.2) is 0 Å². The van der Waals surface area contributed by atoms with Gasteiger partial charge in [-0.2, -0.15) is 13.2 Å². The van der Waals surface area contributed by atoms with Crippen molar-refractivity contribution in [3.8, 4) is 11.5 Å². The van der Waals surface area contributed by atoms with Crippen LogP contribution < -0.4 is 15.0 Å². The minimum absolute atomic E-state index is 0.0624. The quantitative estimate of drug-likeness (QED) is 0.393. The second kappa shape index (κ2) is 11.6. The zero-order chi connectivity index (χ0) is 26.6. The molecule has 0 unspecified atom stereocenters. The highest BCUT2D eigenvalue weighted by atomic mass is 19.4. The highest BCUT2D eigenvalue weighted by Crippen LogP contribution is 2.33. The molecular weight excluding hydrogens is 483 g/mol. The lowest BCUT2D eigenvalue weighted by atomic mass is 10.1. The Morgan fingerprint density at radius 3 is 2.22 bits per heavy atom. The van der Waals surface area contributed by atoms with Crippen LogP contribution in [-0.4, -0.2) is 55.3 Å². The lowest BCUT2D eigenvalue weighted by Crippen LogP contribution is -2.36. The van der Waals surface area contributed by atoms with Crippen molar-refractivity contribution >= 4 is 10.9 Å². The maximum Gasteiger partial charge on any atom is 0.416 e. The number of alkyl halides is 3. The minimum Gasteiger partial charge on any atom is -0.493 e. The number of hydrogen-bond acceptors (Lipinski definition) is 5. The van der Waals surface area contributed by atoms with E-state index in [9.17, 15) is 18.0 Å². The first kappa shape index (κ1) is 27.0. The normalized spacial score (nSPS) is 14.9. The van der Waals surface area contributed by atoms with Crippen molar-refractivity contribution in [1.29, 1.82) is 0 Å². The highest BCUT2D eigenvalue weighted by Gasteiger charge is 2.33. The van der Waals surface area contributed by atoms with Crippen LogP contribution in [0, 0.1) is 0 Å². The molecule has 1 aromatic heterocycles. The summed E-state index contributed by atoms with van der Waals surface area (Å²) in [5.41, 5.74) is 0.637. The maximum absolute atomic E-state index is 13.7. The number of nitrogens with zero attached hydrogens (tertiary/aromatic N) is 3. The number of halogens is 3. The fourth-order valence-electron chi connectivity index (χ4n) is 5.10. The summed E-state index contributed by atoms with van der Waals surface area (Å²) in [6, 6.07) is 11.0. The Labute approximate surface area is 215 Å². The molecule has 1 aliphatic heterocycles. The molecule has 0 radical (unpaired) electrons. The predicted molar refractivity (Wildman–Crippen MR) is 138 cm³/mol. The third-order valence-corrected chi connectivity index (χ3v) is 6.97. The van der Waals surface area contributed by atoms with Gasteiger partial charge in [0.15, 0.2) is 11.5 Å². The van der Waals surface area contributed by atoms with Crippen molar-refractivity contribution in [2.75, 3.05) is 40.9 Å². The molecule has 2 heterocycles. The molecule has 0 N–H and O–H groups in total. The molecule has 0 bridgehead atoms. The molecule has 37 heavy (non-hydrogen) atoms. The molecule has 3 aromatic rings. The van der Waals surface area contributed by atoms with Crippen LogP contribution in [0.2, 0.25) is 0 Å². The van der Waals surface area contributed by atoms with Crippen molar-refractivity contribution in [2.24, 2.45) is 0 Å². The fraction of sp³-hybridized carbons (Fsp3) is 0.464. The smallest absolute Gasteiger partial charge is 0.416 e. The Morgan fingerprint density at radius 1 is 0.892 bits per heavy atom. The topological polar surface area (TPSA) is 46.9 Å². The summed E-state index contributed by atoms with van der Waals surface area (Å²) >= 11 is 0. The molecular formula is C28H34F3N3O3. The van der Waals surface area contributed by atoms with Crippen molar-refractivity contribution in [2.45, 2.75) is 45.1 Å². The zero-order valence-electron chi connectivity index (χ0n) is 21.6. The molecule has 0 aliphatic carbocycles. The molecule has 0 saturated carbocycles. The van der Waals surface area contributed by atoms with Crippen LogP contribution in [-0.2, 0) is 25.8 Å². The van der Waals surface area contributed by atoms with Crippen LogP contribution in [0.1, 0.15) is 36.0 Å². The van der Waals surface area contributed by atoms with Gasteiger partial charge >= 0.3 is 6.18 Å². The minimum atomic E-state index is -4.43. The van der Waals surface area contributed by atoms with Crippen LogP contribution in [0.25, 0.3) is 10.9 Å². The predicted octanol–water partition coefficient (Wildman–Crippen LogP) is 5.16. The third kappa shape index (κ3) is 6.27. The summed E-state index contributed by atoms with van der Waals surface area (Å²) in [6.07, 6.45) is -0.886. The van der Waals surface area contributed by atoms with E-state index in [2.05, 4.69) is 4.90 Å². The van der Waals surface area contributed by atoms with Crippen molar-refractivity contribution in [3.63, 3.8) is 0 Å². The Morgan fingerprint density at radius 2 is 1.54 bits per heavy atom. The van der Waals surface area contributed by atoms with Crippen LogP contribution in [0.4, 0.5) is 13.2 Å². The molecule has 0 spiro atoms. The number of ether oxygens (including phenoxy) is 2. The summed E-state index contributed by atoms with van der Waals surface area (Å²) < 4.78 is 53.2. The van der Waals surface area contributed by atoms with E-state index in [0.717, 1.165) is 49.4 Å². The van der Waals surface area contributed by atoms with Crippen LogP contribution >= 0.6 is 0 Å². The van der Waals surface area contributed by atoms with E-state index in [0.29, 0.717) is 23.6 Å². The Kier molecular flexibility index (Phi) is 8.44. The van der Waals surface area contributed by atoms with E-state index in [1.165, 1.54) is 18.6 Å². The number of fused-ring (bicyclic) bond motifs is 1. The number of benzene rings is 2. The van der Waals surface area contributed by atoms with Gasteiger partial charge in [-0.1, -0.05) is 24.6 Å². The van der Waals surface area contributed by atoms with Crippen LogP contribution in [0.5, 0.6) is 11.5 Å². The largest absolute Gasteiger partial charge is 0.493 e. The summed E-state index contributed by atoms with van der Waals surface area (Å²) in [6.45, 7) is 3.57. The fourth-order valence-corrected chi connectivity index (χ4v) is 5.10. The number of methoxy groups -OCH3 is 2. The third-order valence-electron chi connectivity index (χ3n) is 6.97. The lowest BCUT2D eigenvalue weighted by molar-refractivity contribution is -0.138. The average molecular weight is 518 g/mol. The number of aromatic nitrogens is 1. The monoisotopic (exact) mass is 517 g/mol. The maximum atomic E-state index is 13.7. The van der Waals surface area contributed by atoms with Gasteiger partial charge in [0.1, 0.15) is 0 Å². The van der Waals surface area contributed by atoms with Gasteiger partial charge in [0, 0.05) is 43.2 Å². The standard InChI is InChI=1S/C28H34F3N3O3/c1-32(18-20-9-5-6-10-23(20)28(29,30)31)19-22-15-21-16-25(36-2)26(37-3)17-24(21)34(27(22)35)14-13-33-11-7-4-8-12-33/h5-6,9-10,15-17H,4,7-8,11-14,18-19H2,1-3H3. The summed E-state index contributed by atoms with van der Waals surface area (Å²) in [4.78, 5) is 17.8. The number of rotatable bonds is 9. The van der Waals surface area contributed by atoms with Crippen LogP contribution in [0.15, 0.2) is 47.3 Å². The second-order valence-corrected chi connectivity index (χ2v) is 9.62. The number of pyridine rings is 1. The first-order valence-electron chi connectivity index (χ1n) is 12.6. The first-order valence-corrected chi connectivity index (χ1v) is 12.6. The van der Waals surface area contributed by atoms with E-state index in [1.54, 1.807) is 36.8 Å². The Bertz CT molecular complexity index is 1280. The SMILES string of the molecule is COc1cc2cc(CN(C)Cc3ccccc3C(F)(F)F)c(=O)n(CCN3CCCCC3)c2cc1OC. The van der Waals surface area contributed by atoms with Crippen molar-refractivity contribution < 1.29 is 22.6 Å². The molecule has 1 aliphatic rings. The molecule has 6 nitrogen and oxygen atoms in total. The molecule has 0 amide bonds. The number of piperidine rings is 1. The zero-order valence-corrected chi connectivity index (χ0v) is 21.6. The van der Waals surface area contributed by atoms with E-state index in [4.69, 9.17) is 9.47 Å². The Hall–Kier alpha value is -3.04. The molecule has 0 atom stereocenters. The lowest BCUT2D eigenvalue weighted by Gasteiger charge is -2.27. The van der Waals surface area contributed by atoms with Crippen molar-refractivity contribution in [1.82, 2.24) is 14.4 Å². The summed E-state index contributed by atoms with van der Waals surface area (Å²) in [5, 5.41) is 0.815. The van der Waals surface area contributed by atoms with E-state index in [-0.39, 0.29) is 24.2 Å². The highest BCUT2D eigenvalue weighted by molar-refractivity contribution is 5.83. The van der Waals surface area contributed by atoms with Crippen LogP contribution in [0.3, 0.4) is 0 Å². The molecule has 4 rings (SSSR count). The van der Waals surface area contributed by atoms with Gasteiger partial charge in [-0.3, -0.25) is 9.69 Å². The van der Waals surface area contributed by atoms with E-state index in [1.807, 2.05) is 18.2 Å². The summed E-state index contributed by atoms with van der Waals surface area (Å²) in [7, 11) is 4.84. The second-order valence-electron chi connectivity index (χ2n) is 9.62. The first-order chi connectivity index (χ1) is 17.7. The van der Waals surface area contributed by atoms with Gasteiger partial charge in [-0.05, 0) is 56.7 Å². The van der Waals surface area contributed by atoms with Crippen molar-refractivity contribution in [3.05, 3.63) is 69.5 Å².